The molecule has 2 amide bonds. The third kappa shape index (κ3) is 5.52. The van der Waals surface area contributed by atoms with Gasteiger partial charge in [-0.2, -0.15) is 18.2 Å². The minimum atomic E-state index is -4.58. The van der Waals surface area contributed by atoms with Crippen LogP contribution in [0.1, 0.15) is 52.2 Å². The fourth-order valence-electron chi connectivity index (χ4n) is 4.48. The predicted molar refractivity (Wildman–Crippen MR) is 125 cm³/mol. The number of fused-ring (bicyclic) bond motifs is 1. The lowest BCUT2D eigenvalue weighted by molar-refractivity contribution is -0.137. The molecule has 1 saturated heterocycles. The molecule has 8 nitrogen and oxygen atoms in total. The summed E-state index contributed by atoms with van der Waals surface area (Å²) in [6.45, 7) is 0.298. The molecule has 0 unspecified atom stereocenters. The first-order valence-corrected chi connectivity index (χ1v) is 11.6. The van der Waals surface area contributed by atoms with Crippen LogP contribution in [0.15, 0.2) is 41.4 Å². The number of piperidine rings is 1. The van der Waals surface area contributed by atoms with Crippen molar-refractivity contribution in [1.82, 2.24) is 14.9 Å². The molecule has 4 N–H and O–H groups in total. The van der Waals surface area contributed by atoms with E-state index in [-0.39, 0.29) is 29.6 Å². The van der Waals surface area contributed by atoms with Crippen molar-refractivity contribution in [1.29, 1.82) is 0 Å². The van der Waals surface area contributed by atoms with Crippen LogP contribution in [-0.2, 0) is 17.4 Å². The molecule has 2 atom stereocenters. The van der Waals surface area contributed by atoms with E-state index in [4.69, 9.17) is 0 Å². The number of rotatable bonds is 6. The molecule has 3 aromatic rings. The number of carbonyl (C=O) groups is 2. The van der Waals surface area contributed by atoms with Crippen LogP contribution < -0.4 is 5.62 Å². The number of benzene rings is 2. The van der Waals surface area contributed by atoms with E-state index in [1.165, 1.54) is 6.07 Å². The first kappa shape index (κ1) is 25.6. The molecule has 1 fully saturated rings. The summed E-state index contributed by atoms with van der Waals surface area (Å²) >= 11 is 0. The number of H-pyrrole nitrogens is 2. The average Bonchev–Trinajstić information content (AvgIpc) is 3.24. The van der Waals surface area contributed by atoms with Crippen molar-refractivity contribution in [3.05, 3.63) is 64.3 Å². The van der Waals surface area contributed by atoms with Crippen molar-refractivity contribution in [3.63, 3.8) is 0 Å². The summed E-state index contributed by atoms with van der Waals surface area (Å²) in [5, 5.41) is 19.0. The summed E-state index contributed by atoms with van der Waals surface area (Å²) < 4.78 is 39.0. The number of carbonyl (C=O) groups excluding carboxylic acids is 2. The highest BCUT2D eigenvalue weighted by atomic mass is 19.4. The van der Waals surface area contributed by atoms with Gasteiger partial charge in [-0.25, -0.2) is 0 Å². The molecule has 11 heteroatoms. The molecule has 1 aromatic heterocycles. The zero-order valence-electron chi connectivity index (χ0n) is 19.6. The third-order valence-electron chi connectivity index (χ3n) is 6.43. The first-order chi connectivity index (χ1) is 17.1. The number of nitrogens with one attached hydrogen (secondary N) is 2. The molecule has 0 spiro atoms. The lowest BCUT2D eigenvalue weighted by Gasteiger charge is -2.30. The van der Waals surface area contributed by atoms with Gasteiger partial charge in [-0.05, 0) is 67.1 Å². The number of likely N-dealkylation sites (N-methyl/N-ethyl adjacent to an activating group) is 1. The summed E-state index contributed by atoms with van der Waals surface area (Å²) in [4.78, 5) is 37.0. The van der Waals surface area contributed by atoms with Gasteiger partial charge in [-0.3, -0.25) is 9.59 Å². The van der Waals surface area contributed by atoms with Crippen molar-refractivity contribution in [2.45, 2.75) is 43.9 Å². The average molecular weight is 505 g/mol. The van der Waals surface area contributed by atoms with Crippen molar-refractivity contribution < 1.29 is 33.0 Å². The lowest BCUT2D eigenvalue weighted by atomic mass is 9.85. The molecular formula is C25H27F3N4O4. The Morgan fingerprint density at radius 2 is 1.94 bits per heavy atom. The van der Waals surface area contributed by atoms with Gasteiger partial charge in [0, 0.05) is 19.2 Å². The Morgan fingerprint density at radius 1 is 1.22 bits per heavy atom. The smallest absolute Gasteiger partial charge is 0.394 e. The number of halogens is 3. The molecule has 1 aliphatic rings. The normalized spacial score (nSPS) is 18.2. The third-order valence-corrected chi connectivity index (χ3v) is 6.43. The predicted octanol–water partition coefficient (Wildman–Crippen LogP) is 2.88. The number of aromatic amines is 2. The van der Waals surface area contributed by atoms with Crippen LogP contribution in [0.25, 0.3) is 11.0 Å². The summed E-state index contributed by atoms with van der Waals surface area (Å²) in [5.41, 5.74) is 1.67. The number of hydrogen-bond acceptors (Lipinski definition) is 4. The molecule has 1 aliphatic heterocycles. The number of nitrogens with zero attached hydrogens (tertiary/aromatic N) is 2. The number of aromatic nitrogens is 2. The van der Waals surface area contributed by atoms with Crippen LogP contribution in [-0.4, -0.2) is 63.2 Å². The van der Waals surface area contributed by atoms with E-state index >= 15 is 0 Å². The molecule has 192 valence electrons. The standard InChI is InChI=1S/C25H27F3N4O4/c1-32-9-3-6-18(23(32)36)19-12-21-20(11-14(19)7-8-17(34)13-33)29-24(30-21)31-22(35)15-4-2-5-16(10-15)25(26,27)28/h2,4-5,10-12,17-18,33-34H,3,6-9,13H2,1H3,(H2,29,30,31,35)/t17-,18-/m0/s1. The van der Waals surface area contributed by atoms with E-state index in [1.54, 1.807) is 18.0 Å². The van der Waals surface area contributed by atoms with Gasteiger partial charge in [0.05, 0.1) is 35.2 Å². The number of aliphatic hydroxyl groups excluding tert-OH is 2. The maximum Gasteiger partial charge on any atom is 0.416 e. The van der Waals surface area contributed by atoms with Crippen LogP contribution >= 0.6 is 0 Å². The molecule has 0 bridgehead atoms. The van der Waals surface area contributed by atoms with Gasteiger partial charge in [-0.15, -0.1) is 0 Å². The summed E-state index contributed by atoms with van der Waals surface area (Å²) in [7, 11) is 1.75. The molecule has 36 heavy (non-hydrogen) atoms. The Labute approximate surface area is 204 Å². The number of imidazole rings is 1. The second-order valence-corrected chi connectivity index (χ2v) is 9.02. The van der Waals surface area contributed by atoms with Crippen molar-refractivity contribution in [2.24, 2.45) is 4.99 Å². The number of likely N-dealkylation sites (tertiary alicyclic amines) is 1. The van der Waals surface area contributed by atoms with Gasteiger partial charge >= 0.3 is 6.18 Å². The highest BCUT2D eigenvalue weighted by Gasteiger charge is 2.31. The zero-order valence-corrected chi connectivity index (χ0v) is 19.6. The van der Waals surface area contributed by atoms with Gasteiger partial charge in [0.2, 0.25) is 11.5 Å². The van der Waals surface area contributed by atoms with Gasteiger partial charge in [0.15, 0.2) is 0 Å². The number of hydrogen-bond donors (Lipinski definition) is 4. The minimum absolute atomic E-state index is 0.00951. The summed E-state index contributed by atoms with van der Waals surface area (Å²) in [6.07, 6.45) is -3.27. The Bertz CT molecular complexity index is 1350. The molecule has 0 radical (unpaired) electrons. The van der Waals surface area contributed by atoms with Crippen molar-refractivity contribution in [3.8, 4) is 0 Å². The number of alkyl halides is 3. The fraction of sp³-hybridized carbons (Fsp3) is 0.400. The van der Waals surface area contributed by atoms with E-state index in [9.17, 15) is 33.0 Å². The maximum atomic E-state index is 13.0. The Hall–Kier alpha value is -3.44. The van der Waals surface area contributed by atoms with Gasteiger partial charge in [-0.1, -0.05) is 6.07 Å². The first-order valence-electron chi connectivity index (χ1n) is 11.6. The molecule has 2 heterocycles. The maximum absolute atomic E-state index is 13.0. The highest BCUT2D eigenvalue weighted by Crippen LogP contribution is 2.33. The van der Waals surface area contributed by atoms with Crippen LogP contribution in [0.4, 0.5) is 13.2 Å². The van der Waals surface area contributed by atoms with E-state index in [0.29, 0.717) is 36.8 Å². The Balaban J connectivity index is 1.72. The zero-order chi connectivity index (χ0) is 26.0. The molecule has 0 aliphatic carbocycles. The van der Waals surface area contributed by atoms with E-state index in [2.05, 4.69) is 15.0 Å². The molecule has 4 rings (SSSR count). The SMILES string of the molecule is CN1CCC[C@@H](c2cc3[nH]/c(=N/C(=O)c4cccc(C(F)(F)F)c4)[nH]c3cc2CC[C@H](O)CO)C1=O. The molecular weight excluding hydrogens is 477 g/mol. The number of aliphatic hydroxyl groups is 2. The van der Waals surface area contributed by atoms with Crippen LogP contribution in [0.5, 0.6) is 0 Å². The topological polar surface area (TPSA) is 122 Å². The van der Waals surface area contributed by atoms with E-state index in [0.717, 1.165) is 35.7 Å². The quantitative estimate of drug-likeness (QED) is 0.412. The second kappa shape index (κ2) is 10.3. The largest absolute Gasteiger partial charge is 0.416 e. The van der Waals surface area contributed by atoms with Crippen LogP contribution in [0, 0.1) is 0 Å². The fourth-order valence-corrected chi connectivity index (χ4v) is 4.48. The molecule has 0 saturated carbocycles. The van der Waals surface area contributed by atoms with Gasteiger partial charge in [0.25, 0.3) is 5.91 Å². The second-order valence-electron chi connectivity index (χ2n) is 9.02. The monoisotopic (exact) mass is 504 g/mol. The van der Waals surface area contributed by atoms with Gasteiger partial charge < -0.3 is 25.1 Å². The lowest BCUT2D eigenvalue weighted by Crippen LogP contribution is -2.37. The van der Waals surface area contributed by atoms with E-state index in [1.807, 2.05) is 6.07 Å². The van der Waals surface area contributed by atoms with E-state index < -0.39 is 23.8 Å². The van der Waals surface area contributed by atoms with Crippen molar-refractivity contribution in [2.75, 3.05) is 20.2 Å². The van der Waals surface area contributed by atoms with Gasteiger partial charge in [0.1, 0.15) is 0 Å². The highest BCUT2D eigenvalue weighted by molar-refractivity contribution is 5.95. The van der Waals surface area contributed by atoms with Crippen molar-refractivity contribution >= 4 is 22.8 Å². The minimum Gasteiger partial charge on any atom is -0.394 e. The Kier molecular flexibility index (Phi) is 7.32. The van der Waals surface area contributed by atoms with Crippen LogP contribution in [0.2, 0.25) is 0 Å². The van der Waals surface area contributed by atoms with Crippen LogP contribution in [0.3, 0.4) is 0 Å². The Morgan fingerprint density at radius 3 is 2.64 bits per heavy atom. The summed E-state index contributed by atoms with van der Waals surface area (Å²) in [5.74, 6) is -1.23. The molecule has 2 aromatic carbocycles. The number of aryl methyl sites for hydroxylation is 1. The summed E-state index contributed by atoms with van der Waals surface area (Å²) in [6, 6.07) is 7.66. The number of amides is 2.